The number of carbonyl (C=O) groups excluding carboxylic acids is 1. The molecule has 0 radical (unpaired) electrons. The Morgan fingerprint density at radius 3 is 3.00 bits per heavy atom. The zero-order valence-corrected chi connectivity index (χ0v) is 11.0. The molecule has 1 aromatic heterocycles. The van der Waals surface area contributed by atoms with E-state index in [0.717, 1.165) is 5.00 Å². The van der Waals surface area contributed by atoms with Gasteiger partial charge in [0.15, 0.2) is 5.82 Å². The van der Waals surface area contributed by atoms with Crippen LogP contribution in [0.4, 0.5) is 10.8 Å². The molecule has 1 aliphatic rings. The molecule has 1 aliphatic heterocycles. The first-order valence-corrected chi connectivity index (χ1v) is 6.33. The third-order valence-electron chi connectivity index (χ3n) is 3.22. The zero-order chi connectivity index (χ0) is 13.3. The van der Waals surface area contributed by atoms with E-state index in [1.807, 2.05) is 11.8 Å². The first-order valence-electron chi connectivity index (χ1n) is 5.56. The summed E-state index contributed by atoms with van der Waals surface area (Å²) in [4.78, 5) is 13.6. The number of anilines is 2. The Hall–Kier alpha value is -1.81. The highest BCUT2D eigenvalue weighted by molar-refractivity contribution is 7.10. The minimum absolute atomic E-state index is 0.162. The van der Waals surface area contributed by atoms with Crippen LogP contribution in [0.15, 0.2) is 0 Å². The number of ether oxygens (including phenoxy) is 1. The van der Waals surface area contributed by atoms with Gasteiger partial charge in [0.25, 0.3) is 0 Å². The number of nitrogens with two attached hydrogens (primary N) is 1. The molecular formula is C11H14N4O2S. The number of esters is 1. The van der Waals surface area contributed by atoms with Gasteiger partial charge in [0, 0.05) is 13.1 Å². The van der Waals surface area contributed by atoms with Crippen molar-refractivity contribution in [1.29, 1.82) is 5.26 Å². The number of nitriles is 1. The van der Waals surface area contributed by atoms with E-state index in [4.69, 9.17) is 15.7 Å². The monoisotopic (exact) mass is 266 g/mol. The summed E-state index contributed by atoms with van der Waals surface area (Å²) in [5.41, 5.74) is 6.03. The Morgan fingerprint density at radius 2 is 2.39 bits per heavy atom. The maximum absolute atomic E-state index is 11.6. The Morgan fingerprint density at radius 1 is 1.67 bits per heavy atom. The number of hydrogen-bond acceptors (Lipinski definition) is 7. The average molecular weight is 266 g/mol. The molecule has 2 heterocycles. The topological polar surface area (TPSA) is 92.2 Å². The van der Waals surface area contributed by atoms with Crippen LogP contribution < -0.4 is 10.6 Å². The maximum atomic E-state index is 11.6. The van der Waals surface area contributed by atoms with E-state index in [-0.39, 0.29) is 23.6 Å². The summed E-state index contributed by atoms with van der Waals surface area (Å²) < 4.78 is 8.77. The van der Waals surface area contributed by atoms with Crippen LogP contribution >= 0.6 is 11.5 Å². The highest BCUT2D eigenvalue weighted by Crippen LogP contribution is 2.35. The van der Waals surface area contributed by atoms with Gasteiger partial charge in [0.05, 0.1) is 13.0 Å². The number of nitrogen functional groups attached to an aromatic ring is 1. The molecule has 0 saturated carbocycles. The highest BCUT2D eigenvalue weighted by Gasteiger charge is 2.37. The summed E-state index contributed by atoms with van der Waals surface area (Å²) >= 11 is 1.20. The van der Waals surface area contributed by atoms with Crippen LogP contribution in [-0.2, 0) is 9.53 Å². The Labute approximate surface area is 109 Å². The quantitative estimate of drug-likeness (QED) is 0.797. The number of hydrogen-bond donors (Lipinski definition) is 1. The van der Waals surface area contributed by atoms with Crippen molar-refractivity contribution in [2.45, 2.75) is 6.92 Å². The summed E-state index contributed by atoms with van der Waals surface area (Å²) in [5.74, 6) is 0.0739. The molecule has 96 valence electrons. The predicted octanol–water partition coefficient (Wildman–Crippen LogP) is 0.842. The van der Waals surface area contributed by atoms with Crippen LogP contribution in [0.2, 0.25) is 0 Å². The predicted molar refractivity (Wildman–Crippen MR) is 68.1 cm³/mol. The van der Waals surface area contributed by atoms with Gasteiger partial charge in [-0.1, -0.05) is 6.92 Å². The van der Waals surface area contributed by atoms with Crippen molar-refractivity contribution in [3.05, 3.63) is 5.56 Å². The molecule has 1 aromatic rings. The smallest absolute Gasteiger partial charge is 0.310 e. The standard InChI is InChI=1S/C11H14N4O2S/c1-6-4-15(5-8(6)11(16)17-2)10-7(3-12)9(13)14-18-10/h6,8H,4-5H2,1-2H3,(H2,13,14). The fourth-order valence-electron chi connectivity index (χ4n) is 2.21. The lowest BCUT2D eigenvalue weighted by Crippen LogP contribution is -2.24. The van der Waals surface area contributed by atoms with E-state index >= 15 is 0 Å². The van der Waals surface area contributed by atoms with Crippen molar-refractivity contribution < 1.29 is 9.53 Å². The number of carbonyl (C=O) groups is 1. The van der Waals surface area contributed by atoms with Gasteiger partial charge in [-0.05, 0) is 17.5 Å². The van der Waals surface area contributed by atoms with Gasteiger partial charge in [-0.3, -0.25) is 4.79 Å². The lowest BCUT2D eigenvalue weighted by Gasteiger charge is -2.15. The molecule has 1 fully saturated rings. The number of rotatable bonds is 2. The SMILES string of the molecule is COC(=O)C1CN(c2snc(N)c2C#N)CC1C. The van der Waals surface area contributed by atoms with Crippen LogP contribution in [0.5, 0.6) is 0 Å². The Balaban J connectivity index is 2.22. The molecule has 0 aliphatic carbocycles. The normalized spacial score (nSPS) is 22.8. The van der Waals surface area contributed by atoms with Crippen LogP contribution in [0, 0.1) is 23.2 Å². The third kappa shape index (κ3) is 1.99. The van der Waals surface area contributed by atoms with E-state index in [1.54, 1.807) is 0 Å². The largest absolute Gasteiger partial charge is 0.469 e. The summed E-state index contributed by atoms with van der Waals surface area (Å²) in [5, 5.41) is 9.80. The van der Waals surface area contributed by atoms with Gasteiger partial charge >= 0.3 is 5.97 Å². The van der Waals surface area contributed by atoms with Crippen molar-refractivity contribution in [3.63, 3.8) is 0 Å². The fourth-order valence-corrected chi connectivity index (χ4v) is 2.99. The minimum Gasteiger partial charge on any atom is -0.469 e. The molecule has 0 amide bonds. The average Bonchev–Trinajstić information content (AvgIpc) is 2.91. The molecule has 2 rings (SSSR count). The molecule has 2 unspecified atom stereocenters. The van der Waals surface area contributed by atoms with E-state index in [1.165, 1.54) is 18.6 Å². The van der Waals surface area contributed by atoms with E-state index in [9.17, 15) is 4.79 Å². The van der Waals surface area contributed by atoms with Gasteiger partial charge in [-0.15, -0.1) is 0 Å². The van der Waals surface area contributed by atoms with Gasteiger partial charge < -0.3 is 15.4 Å². The first kappa shape index (κ1) is 12.6. The van der Waals surface area contributed by atoms with Crippen molar-refractivity contribution >= 4 is 28.3 Å². The third-order valence-corrected chi connectivity index (χ3v) is 4.14. The van der Waals surface area contributed by atoms with Crippen molar-refractivity contribution in [3.8, 4) is 6.07 Å². The number of aromatic nitrogens is 1. The summed E-state index contributed by atoms with van der Waals surface area (Å²) in [7, 11) is 1.39. The van der Waals surface area contributed by atoms with Gasteiger partial charge in [-0.2, -0.15) is 9.64 Å². The van der Waals surface area contributed by atoms with Crippen molar-refractivity contribution in [1.82, 2.24) is 4.37 Å². The molecule has 18 heavy (non-hydrogen) atoms. The van der Waals surface area contributed by atoms with E-state index < -0.39 is 0 Å². The van der Waals surface area contributed by atoms with Crippen LogP contribution in [0.3, 0.4) is 0 Å². The van der Waals surface area contributed by atoms with Crippen molar-refractivity contribution in [2.24, 2.45) is 11.8 Å². The highest BCUT2D eigenvalue weighted by atomic mass is 32.1. The molecule has 0 spiro atoms. The second-order valence-corrected chi connectivity index (χ2v) is 5.12. The van der Waals surface area contributed by atoms with Gasteiger partial charge in [0.2, 0.25) is 0 Å². The van der Waals surface area contributed by atoms with Crippen molar-refractivity contribution in [2.75, 3.05) is 30.8 Å². The Kier molecular flexibility index (Phi) is 3.39. The van der Waals surface area contributed by atoms with Crippen LogP contribution in [0.1, 0.15) is 12.5 Å². The number of nitrogens with zero attached hydrogens (tertiary/aromatic N) is 3. The molecule has 2 N–H and O–H groups in total. The Bertz CT molecular complexity index is 508. The van der Waals surface area contributed by atoms with Gasteiger partial charge in [-0.25, -0.2) is 0 Å². The molecule has 0 bridgehead atoms. The molecule has 6 nitrogen and oxygen atoms in total. The molecule has 0 aromatic carbocycles. The second-order valence-electron chi connectivity index (χ2n) is 4.37. The summed E-state index contributed by atoms with van der Waals surface area (Å²) in [6.07, 6.45) is 0. The lowest BCUT2D eigenvalue weighted by molar-refractivity contribution is -0.145. The molecule has 1 saturated heterocycles. The zero-order valence-electron chi connectivity index (χ0n) is 10.2. The summed E-state index contributed by atoms with van der Waals surface area (Å²) in [6.45, 7) is 3.25. The van der Waals surface area contributed by atoms with E-state index in [2.05, 4.69) is 10.4 Å². The molecule has 7 heteroatoms. The molecule has 2 atom stereocenters. The maximum Gasteiger partial charge on any atom is 0.310 e. The van der Waals surface area contributed by atoms with Crippen LogP contribution in [-0.4, -0.2) is 30.5 Å². The first-order chi connectivity index (χ1) is 8.58. The summed E-state index contributed by atoms with van der Waals surface area (Å²) in [6, 6.07) is 2.06. The second kappa shape index (κ2) is 4.82. The van der Waals surface area contributed by atoms with E-state index in [0.29, 0.717) is 18.7 Å². The minimum atomic E-state index is -0.207. The fraction of sp³-hybridized carbons (Fsp3) is 0.545. The van der Waals surface area contributed by atoms with Crippen LogP contribution in [0.25, 0.3) is 0 Å². The number of methoxy groups -OCH3 is 1. The molecular weight excluding hydrogens is 252 g/mol. The van der Waals surface area contributed by atoms with Gasteiger partial charge in [0.1, 0.15) is 16.6 Å². The lowest BCUT2D eigenvalue weighted by atomic mass is 9.99.